The topological polar surface area (TPSA) is 81.4 Å². The van der Waals surface area contributed by atoms with E-state index >= 15 is 0 Å². The van der Waals surface area contributed by atoms with Crippen LogP contribution in [0.4, 0.5) is 4.39 Å². The molecule has 0 saturated heterocycles. The first-order valence-electron chi connectivity index (χ1n) is 6.32. The summed E-state index contributed by atoms with van der Waals surface area (Å²) in [5.41, 5.74) is 7.08. The van der Waals surface area contributed by atoms with E-state index in [9.17, 15) is 12.8 Å². The van der Waals surface area contributed by atoms with Crippen LogP contribution in [0.25, 0.3) is 0 Å². The largest absolute Gasteiger partial charge is 0.490 e. The first-order chi connectivity index (χ1) is 9.30. The van der Waals surface area contributed by atoms with Gasteiger partial charge in [0, 0.05) is 13.1 Å². The molecule has 0 fully saturated rings. The Morgan fingerprint density at radius 3 is 2.70 bits per heavy atom. The first-order valence-corrected chi connectivity index (χ1v) is 8.21. The summed E-state index contributed by atoms with van der Waals surface area (Å²) in [5, 5.41) is 0. The van der Waals surface area contributed by atoms with Crippen molar-refractivity contribution in [1.29, 1.82) is 0 Å². The van der Waals surface area contributed by atoms with E-state index in [1.807, 2.05) is 13.0 Å². The second-order valence-electron chi connectivity index (χ2n) is 4.71. The highest BCUT2D eigenvalue weighted by molar-refractivity contribution is 7.88. The van der Waals surface area contributed by atoms with Gasteiger partial charge in [0.2, 0.25) is 10.0 Å². The number of hydrogen-bond donors (Lipinski definition) is 2. The van der Waals surface area contributed by atoms with Crippen LogP contribution < -0.4 is 15.2 Å². The molecule has 0 bridgehead atoms. The lowest BCUT2D eigenvalue weighted by Crippen LogP contribution is -2.24. The van der Waals surface area contributed by atoms with Crippen LogP contribution in [0, 0.1) is 6.92 Å². The average Bonchev–Trinajstić information content (AvgIpc) is 2.33. The van der Waals surface area contributed by atoms with Gasteiger partial charge >= 0.3 is 0 Å². The fourth-order valence-corrected chi connectivity index (χ4v) is 2.16. The first kappa shape index (κ1) is 16.9. The number of aryl methyl sites for hydroxylation is 1. The predicted molar refractivity (Wildman–Crippen MR) is 77.2 cm³/mol. The van der Waals surface area contributed by atoms with Crippen molar-refractivity contribution in [2.24, 2.45) is 5.73 Å². The highest BCUT2D eigenvalue weighted by Crippen LogP contribution is 2.17. The third-order valence-corrected chi connectivity index (χ3v) is 3.30. The van der Waals surface area contributed by atoms with E-state index in [0.717, 1.165) is 17.4 Å². The minimum absolute atomic E-state index is 0.0725. The summed E-state index contributed by atoms with van der Waals surface area (Å²) in [5.74, 6) is 0.565. The van der Waals surface area contributed by atoms with Crippen LogP contribution in [0.3, 0.4) is 0 Å². The second-order valence-corrected chi connectivity index (χ2v) is 6.55. The molecule has 0 unspecified atom stereocenters. The summed E-state index contributed by atoms with van der Waals surface area (Å²) < 4.78 is 42.7. The molecule has 1 rings (SSSR count). The summed E-state index contributed by atoms with van der Waals surface area (Å²) in [6.45, 7) is 2.06. The van der Waals surface area contributed by atoms with Gasteiger partial charge in [-0.05, 0) is 36.6 Å². The highest BCUT2D eigenvalue weighted by atomic mass is 32.2. The number of nitrogens with two attached hydrogens (primary N) is 1. The van der Waals surface area contributed by atoms with Crippen LogP contribution >= 0.6 is 0 Å². The number of alkyl halides is 1. The standard InChI is InChI=1S/C13H21FN2O3S/c1-10-5-11(3-4-16-20(2,17)18)7-13(6-10)19-9-12(14)8-15/h5-7,12,16H,3-4,8-9,15H2,1-2H3/t12-/m1/s1. The lowest BCUT2D eigenvalue weighted by atomic mass is 10.1. The molecule has 0 aliphatic heterocycles. The fourth-order valence-electron chi connectivity index (χ4n) is 1.69. The molecule has 0 aromatic heterocycles. The lowest BCUT2D eigenvalue weighted by Gasteiger charge is -2.11. The van der Waals surface area contributed by atoms with E-state index in [0.29, 0.717) is 18.7 Å². The maximum absolute atomic E-state index is 13.0. The van der Waals surface area contributed by atoms with Crippen LogP contribution in [0.5, 0.6) is 5.75 Å². The molecular weight excluding hydrogens is 283 g/mol. The van der Waals surface area contributed by atoms with Crippen LogP contribution in [0.15, 0.2) is 18.2 Å². The number of halogens is 1. The number of rotatable bonds is 8. The highest BCUT2D eigenvalue weighted by Gasteiger charge is 2.06. The van der Waals surface area contributed by atoms with Gasteiger partial charge in [-0.3, -0.25) is 0 Å². The zero-order chi connectivity index (χ0) is 15.2. The van der Waals surface area contributed by atoms with Crippen molar-refractivity contribution in [1.82, 2.24) is 4.72 Å². The molecule has 1 aromatic rings. The Bertz CT molecular complexity index is 534. The Morgan fingerprint density at radius 1 is 1.40 bits per heavy atom. The van der Waals surface area contributed by atoms with E-state index in [-0.39, 0.29) is 13.2 Å². The SMILES string of the molecule is Cc1cc(CCNS(C)(=O)=O)cc(OC[C@H](F)CN)c1. The molecule has 0 amide bonds. The molecule has 0 aliphatic carbocycles. The van der Waals surface area contributed by atoms with Gasteiger partial charge in [-0.25, -0.2) is 17.5 Å². The molecule has 0 radical (unpaired) electrons. The van der Waals surface area contributed by atoms with E-state index in [1.165, 1.54) is 0 Å². The predicted octanol–water partition coefficient (Wildman–Crippen LogP) is 0.762. The molecule has 1 atom stereocenters. The minimum atomic E-state index is -3.18. The summed E-state index contributed by atoms with van der Waals surface area (Å²) in [6.07, 6.45) is 0.471. The molecular formula is C13H21FN2O3S. The Kier molecular flexibility index (Phi) is 6.38. The molecule has 0 spiro atoms. The van der Waals surface area contributed by atoms with E-state index < -0.39 is 16.2 Å². The Labute approximate surface area is 119 Å². The van der Waals surface area contributed by atoms with Gasteiger partial charge in [-0.1, -0.05) is 6.07 Å². The summed E-state index contributed by atoms with van der Waals surface area (Å²) in [6, 6.07) is 5.52. The summed E-state index contributed by atoms with van der Waals surface area (Å²) >= 11 is 0. The van der Waals surface area contributed by atoms with Crippen molar-refractivity contribution in [3.8, 4) is 5.75 Å². The van der Waals surface area contributed by atoms with Gasteiger partial charge in [0.15, 0.2) is 0 Å². The average molecular weight is 304 g/mol. The number of benzene rings is 1. The van der Waals surface area contributed by atoms with Gasteiger partial charge in [0.05, 0.1) is 6.26 Å². The molecule has 1 aromatic carbocycles. The number of hydrogen-bond acceptors (Lipinski definition) is 4. The number of sulfonamides is 1. The van der Waals surface area contributed by atoms with E-state index in [1.54, 1.807) is 12.1 Å². The quantitative estimate of drug-likeness (QED) is 0.743. The van der Waals surface area contributed by atoms with E-state index in [4.69, 9.17) is 10.5 Å². The van der Waals surface area contributed by atoms with Crippen LogP contribution in [-0.2, 0) is 16.4 Å². The van der Waals surface area contributed by atoms with Gasteiger partial charge < -0.3 is 10.5 Å². The maximum Gasteiger partial charge on any atom is 0.208 e. The lowest BCUT2D eigenvalue weighted by molar-refractivity contribution is 0.201. The van der Waals surface area contributed by atoms with Crippen LogP contribution in [0.2, 0.25) is 0 Å². The zero-order valence-electron chi connectivity index (χ0n) is 11.7. The second kappa shape index (κ2) is 7.56. The van der Waals surface area contributed by atoms with Crippen molar-refractivity contribution in [2.45, 2.75) is 19.5 Å². The number of ether oxygens (including phenoxy) is 1. The summed E-state index contributed by atoms with van der Waals surface area (Å²) in [4.78, 5) is 0. The molecule has 7 heteroatoms. The van der Waals surface area contributed by atoms with Gasteiger partial charge in [-0.15, -0.1) is 0 Å². The fraction of sp³-hybridized carbons (Fsp3) is 0.538. The molecule has 5 nitrogen and oxygen atoms in total. The van der Waals surface area contributed by atoms with Crippen LogP contribution in [-0.4, -0.2) is 40.5 Å². The van der Waals surface area contributed by atoms with Crippen molar-refractivity contribution in [3.05, 3.63) is 29.3 Å². The molecule has 20 heavy (non-hydrogen) atoms. The third-order valence-electron chi connectivity index (χ3n) is 2.58. The normalized spacial score (nSPS) is 13.2. The zero-order valence-corrected chi connectivity index (χ0v) is 12.5. The molecule has 3 N–H and O–H groups in total. The van der Waals surface area contributed by atoms with Gasteiger partial charge in [0.25, 0.3) is 0 Å². The molecule has 0 aliphatic rings. The summed E-state index contributed by atoms with van der Waals surface area (Å²) in [7, 11) is -3.18. The molecule has 114 valence electrons. The monoisotopic (exact) mass is 304 g/mol. The minimum Gasteiger partial charge on any atom is -0.490 e. The van der Waals surface area contributed by atoms with Crippen molar-refractivity contribution >= 4 is 10.0 Å². The maximum atomic E-state index is 13.0. The van der Waals surface area contributed by atoms with Crippen molar-refractivity contribution in [3.63, 3.8) is 0 Å². The van der Waals surface area contributed by atoms with Crippen molar-refractivity contribution in [2.75, 3.05) is 26.0 Å². The van der Waals surface area contributed by atoms with Gasteiger partial charge in [-0.2, -0.15) is 0 Å². The Hall–Kier alpha value is -1.18. The van der Waals surface area contributed by atoms with Crippen LogP contribution in [0.1, 0.15) is 11.1 Å². The Balaban J connectivity index is 2.61. The molecule has 0 heterocycles. The van der Waals surface area contributed by atoms with Crippen molar-refractivity contribution < 1.29 is 17.5 Å². The third kappa shape index (κ3) is 6.83. The van der Waals surface area contributed by atoms with E-state index in [2.05, 4.69) is 4.72 Å². The Morgan fingerprint density at radius 2 is 2.10 bits per heavy atom. The number of nitrogens with one attached hydrogen (secondary N) is 1. The smallest absolute Gasteiger partial charge is 0.208 e. The van der Waals surface area contributed by atoms with Gasteiger partial charge in [0.1, 0.15) is 18.5 Å². The molecule has 0 saturated carbocycles.